The minimum atomic E-state index is -0.413. The highest BCUT2D eigenvalue weighted by Crippen LogP contribution is 2.48. The van der Waals surface area contributed by atoms with E-state index in [4.69, 9.17) is 4.74 Å². The number of nitrogens with zero attached hydrogens (tertiary/aromatic N) is 2. The van der Waals surface area contributed by atoms with Crippen LogP contribution in [0.15, 0.2) is 11.8 Å². The molecule has 4 nitrogen and oxygen atoms in total. The Hall–Kier alpha value is -1.71. The van der Waals surface area contributed by atoms with Gasteiger partial charge in [-0.25, -0.2) is 9.78 Å². The zero-order valence-electron chi connectivity index (χ0n) is 11.6. The van der Waals surface area contributed by atoms with Gasteiger partial charge in [0.15, 0.2) is 5.69 Å². The minimum Gasteiger partial charge on any atom is -0.464 e. The van der Waals surface area contributed by atoms with E-state index in [0.29, 0.717) is 17.5 Å². The molecule has 1 heterocycles. The number of rotatable bonds is 3. The van der Waals surface area contributed by atoms with Gasteiger partial charge >= 0.3 is 5.97 Å². The van der Waals surface area contributed by atoms with Gasteiger partial charge in [0, 0.05) is 6.42 Å². The number of aromatic nitrogens is 2. The molecule has 0 N–H and O–H groups in total. The van der Waals surface area contributed by atoms with E-state index < -0.39 is 5.97 Å². The highest BCUT2D eigenvalue weighted by molar-refractivity contribution is 5.88. The van der Waals surface area contributed by atoms with Gasteiger partial charge in [0.25, 0.3) is 0 Å². The van der Waals surface area contributed by atoms with E-state index in [0.717, 1.165) is 17.8 Å². The molecule has 0 aromatic carbocycles. The van der Waals surface area contributed by atoms with Gasteiger partial charge in [-0.3, -0.25) is 4.98 Å². The summed E-state index contributed by atoms with van der Waals surface area (Å²) in [6, 6.07) is 0. The van der Waals surface area contributed by atoms with Crippen molar-refractivity contribution in [1.82, 2.24) is 9.97 Å². The van der Waals surface area contributed by atoms with Crippen LogP contribution in [0.4, 0.5) is 0 Å². The molecule has 1 saturated carbocycles. The molecule has 4 heteroatoms. The molecule has 0 amide bonds. The van der Waals surface area contributed by atoms with E-state index in [1.54, 1.807) is 0 Å². The number of methoxy groups -OCH3 is 1. The molecule has 1 aromatic rings. The Labute approximate surface area is 112 Å². The normalized spacial score (nSPS) is 17.9. The van der Waals surface area contributed by atoms with Crippen molar-refractivity contribution in [2.45, 2.75) is 33.1 Å². The van der Waals surface area contributed by atoms with Gasteiger partial charge in [0.05, 0.1) is 24.7 Å². The molecule has 2 aliphatic carbocycles. The smallest absolute Gasteiger partial charge is 0.358 e. The van der Waals surface area contributed by atoms with Gasteiger partial charge in [-0.05, 0) is 30.3 Å². The second-order valence-electron chi connectivity index (χ2n) is 5.59. The number of fused-ring (bicyclic) bond motifs is 1. The maximum atomic E-state index is 11.6. The largest absolute Gasteiger partial charge is 0.464 e. The topological polar surface area (TPSA) is 52.1 Å². The average Bonchev–Trinajstić information content (AvgIpc) is 3.17. The van der Waals surface area contributed by atoms with E-state index >= 15 is 0 Å². The zero-order valence-corrected chi connectivity index (χ0v) is 11.6. The Morgan fingerprint density at radius 2 is 2.16 bits per heavy atom. The molecular weight excluding hydrogens is 240 g/mol. The van der Waals surface area contributed by atoms with Crippen LogP contribution in [0, 0.1) is 11.8 Å². The predicted octanol–water partition coefficient (Wildman–Crippen LogP) is 2.64. The van der Waals surface area contributed by atoms with Crippen LogP contribution in [0.25, 0.3) is 5.57 Å². The van der Waals surface area contributed by atoms with E-state index in [2.05, 4.69) is 23.8 Å². The van der Waals surface area contributed by atoms with Crippen LogP contribution in [0.5, 0.6) is 0 Å². The van der Waals surface area contributed by atoms with Crippen molar-refractivity contribution in [3.8, 4) is 0 Å². The molecule has 0 radical (unpaired) electrons. The lowest BCUT2D eigenvalue weighted by molar-refractivity contribution is 0.0593. The van der Waals surface area contributed by atoms with Crippen molar-refractivity contribution in [2.75, 3.05) is 7.11 Å². The maximum Gasteiger partial charge on any atom is 0.358 e. The lowest BCUT2D eigenvalue weighted by Gasteiger charge is -2.09. The first-order valence-electron chi connectivity index (χ1n) is 6.79. The number of carbonyl (C=O) groups excluding carboxylic acids is 1. The molecule has 1 fully saturated rings. The van der Waals surface area contributed by atoms with Crippen LogP contribution in [-0.4, -0.2) is 23.0 Å². The zero-order chi connectivity index (χ0) is 13.6. The molecule has 0 atom stereocenters. The molecule has 0 aliphatic heterocycles. The van der Waals surface area contributed by atoms with Crippen molar-refractivity contribution in [3.63, 3.8) is 0 Å². The summed E-state index contributed by atoms with van der Waals surface area (Å²) in [6.07, 6.45) is 4.87. The SMILES string of the molecule is COC(=O)c1cnc2c(n1)C(C1CC1)=C(C(C)C)C2. The van der Waals surface area contributed by atoms with E-state index in [1.165, 1.54) is 37.3 Å². The summed E-state index contributed by atoms with van der Waals surface area (Å²) >= 11 is 0. The first-order chi connectivity index (χ1) is 9.11. The monoisotopic (exact) mass is 258 g/mol. The van der Waals surface area contributed by atoms with Crippen LogP contribution in [0.1, 0.15) is 48.6 Å². The van der Waals surface area contributed by atoms with Crippen LogP contribution in [0.3, 0.4) is 0 Å². The highest BCUT2D eigenvalue weighted by atomic mass is 16.5. The Morgan fingerprint density at radius 1 is 1.42 bits per heavy atom. The molecule has 2 aliphatic rings. The lowest BCUT2D eigenvalue weighted by atomic mass is 9.96. The van der Waals surface area contributed by atoms with Gasteiger partial charge in [-0.1, -0.05) is 19.4 Å². The van der Waals surface area contributed by atoms with Crippen molar-refractivity contribution >= 4 is 11.5 Å². The predicted molar refractivity (Wildman–Crippen MR) is 71.6 cm³/mol. The van der Waals surface area contributed by atoms with Crippen molar-refractivity contribution in [3.05, 3.63) is 28.9 Å². The standard InChI is InChI=1S/C15H18N2O2/c1-8(2)10-6-11-14(13(10)9-4-5-9)17-12(7-16-11)15(18)19-3/h7-9H,4-6H2,1-3H3. The van der Waals surface area contributed by atoms with Gasteiger partial charge in [-0.2, -0.15) is 0 Å². The summed E-state index contributed by atoms with van der Waals surface area (Å²) in [4.78, 5) is 20.5. The van der Waals surface area contributed by atoms with Crippen molar-refractivity contribution in [1.29, 1.82) is 0 Å². The van der Waals surface area contributed by atoms with Crippen molar-refractivity contribution in [2.24, 2.45) is 11.8 Å². The molecule has 0 unspecified atom stereocenters. The second kappa shape index (κ2) is 4.44. The van der Waals surface area contributed by atoms with Crippen molar-refractivity contribution < 1.29 is 9.53 Å². The van der Waals surface area contributed by atoms with Crippen LogP contribution in [0.2, 0.25) is 0 Å². The van der Waals surface area contributed by atoms with E-state index in [9.17, 15) is 4.79 Å². The summed E-state index contributed by atoms with van der Waals surface area (Å²) in [5.74, 6) is 0.720. The third-order valence-electron chi connectivity index (χ3n) is 3.88. The third kappa shape index (κ3) is 2.05. The number of allylic oxidation sites excluding steroid dienone is 2. The Morgan fingerprint density at radius 3 is 2.74 bits per heavy atom. The molecule has 0 spiro atoms. The highest BCUT2D eigenvalue weighted by Gasteiger charge is 2.36. The summed E-state index contributed by atoms with van der Waals surface area (Å²) in [5.41, 5.74) is 5.06. The summed E-state index contributed by atoms with van der Waals surface area (Å²) < 4.78 is 4.72. The van der Waals surface area contributed by atoms with Gasteiger partial charge in [0.2, 0.25) is 0 Å². The molecule has 0 bridgehead atoms. The Bertz CT molecular complexity index is 572. The van der Waals surface area contributed by atoms with Crippen LogP contribution < -0.4 is 0 Å². The summed E-state index contributed by atoms with van der Waals surface area (Å²) in [7, 11) is 1.37. The molecule has 3 rings (SSSR count). The number of ether oxygens (including phenoxy) is 1. The number of carbonyl (C=O) groups is 1. The summed E-state index contributed by atoms with van der Waals surface area (Å²) in [6.45, 7) is 4.43. The fourth-order valence-electron chi connectivity index (χ4n) is 2.73. The minimum absolute atomic E-state index is 0.310. The van der Waals surface area contributed by atoms with Gasteiger partial charge in [-0.15, -0.1) is 0 Å². The molecule has 19 heavy (non-hydrogen) atoms. The first-order valence-corrected chi connectivity index (χ1v) is 6.79. The molecular formula is C15H18N2O2. The fourth-order valence-corrected chi connectivity index (χ4v) is 2.73. The molecule has 0 saturated heterocycles. The van der Waals surface area contributed by atoms with Crippen LogP contribution in [-0.2, 0) is 11.2 Å². The van der Waals surface area contributed by atoms with Gasteiger partial charge < -0.3 is 4.74 Å². The number of hydrogen-bond donors (Lipinski definition) is 0. The van der Waals surface area contributed by atoms with Gasteiger partial charge in [0.1, 0.15) is 0 Å². The second-order valence-corrected chi connectivity index (χ2v) is 5.59. The fraction of sp³-hybridized carbons (Fsp3) is 0.533. The van der Waals surface area contributed by atoms with Crippen LogP contribution >= 0.6 is 0 Å². The third-order valence-corrected chi connectivity index (χ3v) is 3.88. The van der Waals surface area contributed by atoms with E-state index in [-0.39, 0.29) is 0 Å². The average molecular weight is 258 g/mol. The molecule has 100 valence electrons. The Kier molecular flexibility index (Phi) is 2.88. The maximum absolute atomic E-state index is 11.6. The lowest BCUT2D eigenvalue weighted by Crippen LogP contribution is -2.08. The molecule has 1 aromatic heterocycles. The number of esters is 1. The number of hydrogen-bond acceptors (Lipinski definition) is 4. The summed E-state index contributed by atoms with van der Waals surface area (Å²) in [5, 5.41) is 0. The quantitative estimate of drug-likeness (QED) is 0.782. The van der Waals surface area contributed by atoms with E-state index in [1.807, 2.05) is 0 Å². The Balaban J connectivity index is 2.07. The first kappa shape index (κ1) is 12.3.